The van der Waals surface area contributed by atoms with Gasteiger partial charge in [0, 0.05) is 0 Å². The molecule has 1 aliphatic rings. The summed E-state index contributed by atoms with van der Waals surface area (Å²) in [6.07, 6.45) is 0. The van der Waals surface area contributed by atoms with Crippen molar-refractivity contribution < 1.29 is 0 Å². The summed E-state index contributed by atoms with van der Waals surface area (Å²) in [5, 5.41) is 5.26. The molecule has 8 aromatic carbocycles. The molecule has 0 spiro atoms. The van der Waals surface area contributed by atoms with Gasteiger partial charge in [0.05, 0.1) is 0 Å². The fraction of sp³-hybridized carbons (Fsp3) is 0.0222. The smallest absolute Gasteiger partial charge is 0.000741 e. The van der Waals surface area contributed by atoms with Crippen molar-refractivity contribution in [2.45, 2.75) is 6.92 Å². The number of benzene rings is 8. The van der Waals surface area contributed by atoms with Gasteiger partial charge in [0.15, 0.2) is 0 Å². The molecule has 0 heteroatoms. The lowest BCUT2D eigenvalue weighted by molar-refractivity contribution is 1.54. The van der Waals surface area contributed by atoms with E-state index < -0.39 is 0 Å². The third-order valence-corrected chi connectivity index (χ3v) is 9.53. The van der Waals surface area contributed by atoms with Gasteiger partial charge in [0.1, 0.15) is 0 Å². The van der Waals surface area contributed by atoms with Crippen molar-refractivity contribution in [2.24, 2.45) is 0 Å². The standard InChI is InChI=1S/C45H30/c1-29-25-26-40-43-36(29)23-12-24-39(43)44-41(34-19-10-17-32(27-34)30-13-4-2-5-14-30)37-21-8-9-22-38(37)42(45(40)44)35-20-11-18-33(28-35)31-15-6-3-7-16-31/h2-28H,1H3. The van der Waals surface area contributed by atoms with Gasteiger partial charge in [-0.15, -0.1) is 0 Å². The average Bonchev–Trinajstić information content (AvgIpc) is 3.44. The summed E-state index contributed by atoms with van der Waals surface area (Å²) in [7, 11) is 0. The van der Waals surface area contributed by atoms with E-state index in [1.807, 2.05) is 0 Å². The summed E-state index contributed by atoms with van der Waals surface area (Å²) in [6.45, 7) is 2.23. The average molecular weight is 571 g/mol. The zero-order valence-corrected chi connectivity index (χ0v) is 25.1. The van der Waals surface area contributed by atoms with Gasteiger partial charge < -0.3 is 0 Å². The molecule has 0 radical (unpaired) electrons. The second-order valence-corrected chi connectivity index (χ2v) is 12.1. The Labute approximate surface area is 263 Å². The molecule has 0 heterocycles. The van der Waals surface area contributed by atoms with Crippen LogP contribution in [0.15, 0.2) is 164 Å². The van der Waals surface area contributed by atoms with Crippen LogP contribution in [-0.2, 0) is 0 Å². The van der Waals surface area contributed by atoms with E-state index >= 15 is 0 Å². The molecule has 9 rings (SSSR count). The fourth-order valence-electron chi connectivity index (χ4n) is 7.52. The van der Waals surface area contributed by atoms with Crippen LogP contribution in [-0.4, -0.2) is 0 Å². The maximum absolute atomic E-state index is 2.38. The highest BCUT2D eigenvalue weighted by molar-refractivity contribution is 6.27. The minimum atomic E-state index is 1.23. The first-order valence-electron chi connectivity index (χ1n) is 15.7. The van der Waals surface area contributed by atoms with Crippen LogP contribution in [0.4, 0.5) is 0 Å². The van der Waals surface area contributed by atoms with Crippen molar-refractivity contribution in [3.63, 3.8) is 0 Å². The first-order valence-corrected chi connectivity index (χ1v) is 15.7. The number of hydrogen-bond acceptors (Lipinski definition) is 0. The Bertz CT molecular complexity index is 2280. The number of fused-ring (bicyclic) bond motifs is 4. The first kappa shape index (κ1) is 25.7. The Morgan fingerprint density at radius 1 is 0.289 bits per heavy atom. The van der Waals surface area contributed by atoms with E-state index in [2.05, 4.69) is 171 Å². The highest BCUT2D eigenvalue weighted by Gasteiger charge is 2.30. The van der Waals surface area contributed by atoms with Gasteiger partial charge in [0.25, 0.3) is 0 Å². The molecule has 0 nitrogen and oxygen atoms in total. The number of aryl methyl sites for hydroxylation is 1. The Balaban J connectivity index is 1.42. The SMILES string of the molecule is Cc1ccc2c3c(cccc13)-c1c-2c(-c2cccc(-c3ccccc3)c2)c2ccccc2c1-c1cccc(-c2ccccc2)c1. The molecule has 45 heavy (non-hydrogen) atoms. The lowest BCUT2D eigenvalue weighted by Gasteiger charge is -2.21. The molecule has 8 aromatic rings. The first-order chi connectivity index (χ1) is 22.3. The lowest BCUT2D eigenvalue weighted by Crippen LogP contribution is -1.94. The molecule has 0 aliphatic heterocycles. The maximum Gasteiger partial charge on any atom is -0.000741 e. The molecule has 0 atom stereocenters. The van der Waals surface area contributed by atoms with Crippen LogP contribution in [0.2, 0.25) is 0 Å². The number of rotatable bonds is 4. The Morgan fingerprint density at radius 3 is 1.27 bits per heavy atom. The van der Waals surface area contributed by atoms with Gasteiger partial charge in [-0.2, -0.15) is 0 Å². The van der Waals surface area contributed by atoms with E-state index in [-0.39, 0.29) is 0 Å². The molecule has 0 saturated carbocycles. The van der Waals surface area contributed by atoms with Crippen molar-refractivity contribution in [3.05, 3.63) is 169 Å². The molecule has 0 N–H and O–H groups in total. The molecule has 0 bridgehead atoms. The molecule has 1 aliphatic carbocycles. The molecule has 0 amide bonds. The second-order valence-electron chi connectivity index (χ2n) is 12.1. The Morgan fingerprint density at radius 2 is 0.711 bits per heavy atom. The third-order valence-electron chi connectivity index (χ3n) is 9.53. The van der Waals surface area contributed by atoms with Gasteiger partial charge in [-0.1, -0.05) is 152 Å². The van der Waals surface area contributed by atoms with E-state index in [9.17, 15) is 0 Å². The summed E-state index contributed by atoms with van der Waals surface area (Å²) in [6, 6.07) is 60.2. The van der Waals surface area contributed by atoms with Crippen molar-refractivity contribution in [1.82, 2.24) is 0 Å². The summed E-state index contributed by atoms with van der Waals surface area (Å²) < 4.78 is 0. The predicted molar refractivity (Wildman–Crippen MR) is 192 cm³/mol. The van der Waals surface area contributed by atoms with Crippen molar-refractivity contribution in [1.29, 1.82) is 0 Å². The highest BCUT2D eigenvalue weighted by Crippen LogP contribution is 2.58. The normalized spacial score (nSPS) is 11.7. The van der Waals surface area contributed by atoms with Crippen molar-refractivity contribution >= 4 is 21.5 Å². The highest BCUT2D eigenvalue weighted by atomic mass is 14.3. The van der Waals surface area contributed by atoms with Gasteiger partial charge >= 0.3 is 0 Å². The predicted octanol–water partition coefficient (Wildman–Crippen LogP) is 12.6. The van der Waals surface area contributed by atoms with Crippen LogP contribution in [0.1, 0.15) is 5.56 Å². The van der Waals surface area contributed by atoms with Gasteiger partial charge in [0.2, 0.25) is 0 Å². The van der Waals surface area contributed by atoms with Crippen LogP contribution in [0, 0.1) is 6.92 Å². The number of hydrogen-bond donors (Lipinski definition) is 0. The van der Waals surface area contributed by atoms with Gasteiger partial charge in [-0.3, -0.25) is 0 Å². The van der Waals surface area contributed by atoms with E-state index in [0.717, 1.165) is 0 Å². The fourth-order valence-corrected chi connectivity index (χ4v) is 7.52. The summed E-state index contributed by atoms with van der Waals surface area (Å²) in [5.74, 6) is 0. The van der Waals surface area contributed by atoms with E-state index in [1.54, 1.807) is 0 Å². The molecule has 0 saturated heterocycles. The van der Waals surface area contributed by atoms with Crippen LogP contribution in [0.5, 0.6) is 0 Å². The lowest BCUT2D eigenvalue weighted by atomic mass is 9.82. The van der Waals surface area contributed by atoms with Crippen LogP contribution >= 0.6 is 0 Å². The van der Waals surface area contributed by atoms with Crippen molar-refractivity contribution in [2.75, 3.05) is 0 Å². The zero-order chi connectivity index (χ0) is 29.9. The summed E-state index contributed by atoms with van der Waals surface area (Å²) >= 11 is 0. The largest absolute Gasteiger partial charge is 0.0622 e. The third kappa shape index (κ3) is 4.00. The quantitative estimate of drug-likeness (QED) is 0.197. The topological polar surface area (TPSA) is 0 Å². The van der Waals surface area contributed by atoms with Crippen LogP contribution < -0.4 is 0 Å². The van der Waals surface area contributed by atoms with E-state index in [4.69, 9.17) is 0 Å². The molecule has 0 unspecified atom stereocenters. The Kier molecular flexibility index (Phi) is 5.83. The minimum absolute atomic E-state index is 1.23. The van der Waals surface area contributed by atoms with Gasteiger partial charge in [-0.25, -0.2) is 0 Å². The molecular weight excluding hydrogens is 540 g/mol. The summed E-state index contributed by atoms with van der Waals surface area (Å²) in [5.41, 5.74) is 16.7. The summed E-state index contributed by atoms with van der Waals surface area (Å²) in [4.78, 5) is 0. The van der Waals surface area contributed by atoms with Gasteiger partial charge in [-0.05, 0) is 113 Å². The van der Waals surface area contributed by atoms with E-state index in [0.29, 0.717) is 0 Å². The maximum atomic E-state index is 2.38. The minimum Gasteiger partial charge on any atom is -0.0622 e. The Hall–Kier alpha value is -5.72. The molecule has 0 fully saturated rings. The van der Waals surface area contributed by atoms with Crippen LogP contribution in [0.25, 0.3) is 88.3 Å². The molecular formula is C45H30. The van der Waals surface area contributed by atoms with Crippen molar-refractivity contribution in [3.8, 4) is 66.8 Å². The molecule has 210 valence electrons. The van der Waals surface area contributed by atoms with E-state index in [1.165, 1.54) is 93.9 Å². The molecule has 0 aromatic heterocycles. The monoisotopic (exact) mass is 570 g/mol. The van der Waals surface area contributed by atoms with Crippen LogP contribution in [0.3, 0.4) is 0 Å². The second kappa shape index (κ2) is 10.2. The zero-order valence-electron chi connectivity index (χ0n) is 25.1.